The van der Waals surface area contributed by atoms with Crippen molar-refractivity contribution in [1.29, 1.82) is 0 Å². The largest absolute Gasteiger partial charge is 0.414 e. The molecule has 14 heavy (non-hydrogen) atoms. The molecule has 0 radical (unpaired) electrons. The minimum absolute atomic E-state index is 0.184. The predicted octanol–water partition coefficient (Wildman–Crippen LogP) is 3.05. The Balaban J connectivity index is 2.73. The molecule has 0 saturated heterocycles. The molecule has 0 spiro atoms. The van der Waals surface area contributed by atoms with Crippen molar-refractivity contribution in [1.82, 2.24) is 0 Å². The molecule has 0 aromatic rings. The zero-order valence-electron chi connectivity index (χ0n) is 8.19. The van der Waals surface area contributed by atoms with E-state index in [0.29, 0.717) is 6.42 Å². The quantitative estimate of drug-likeness (QED) is 0.691. The molecular formula is C10H15F3O. The molecule has 1 nitrogen and oxygen atoms in total. The molecule has 0 heterocycles. The average Bonchev–Trinajstić information content (AvgIpc) is 2.46. The lowest BCUT2D eigenvalue weighted by molar-refractivity contribution is -0.119. The van der Waals surface area contributed by atoms with Crippen molar-refractivity contribution in [2.45, 2.75) is 44.4 Å². The standard InChI is InChI=1S/C10H15F3O/c1-3-8-4-5-9(14,6-8)7(2)10(11,12)13/h8,14H,2-6H2,1H3. The Morgan fingerprint density at radius 2 is 2.14 bits per heavy atom. The van der Waals surface area contributed by atoms with Crippen LogP contribution in [0.4, 0.5) is 13.2 Å². The van der Waals surface area contributed by atoms with Crippen LogP contribution >= 0.6 is 0 Å². The minimum Gasteiger partial charge on any atom is -0.385 e. The van der Waals surface area contributed by atoms with Gasteiger partial charge in [-0.1, -0.05) is 19.9 Å². The van der Waals surface area contributed by atoms with Crippen LogP contribution in [0, 0.1) is 5.92 Å². The van der Waals surface area contributed by atoms with Crippen molar-refractivity contribution in [3.63, 3.8) is 0 Å². The van der Waals surface area contributed by atoms with Gasteiger partial charge >= 0.3 is 6.18 Å². The van der Waals surface area contributed by atoms with Gasteiger partial charge in [-0.25, -0.2) is 0 Å². The fraction of sp³-hybridized carbons (Fsp3) is 0.800. The Labute approximate surface area is 81.6 Å². The van der Waals surface area contributed by atoms with Crippen LogP contribution in [0.15, 0.2) is 12.2 Å². The van der Waals surface area contributed by atoms with E-state index < -0.39 is 17.4 Å². The molecule has 1 fully saturated rings. The van der Waals surface area contributed by atoms with Gasteiger partial charge in [-0.2, -0.15) is 13.2 Å². The van der Waals surface area contributed by atoms with Gasteiger partial charge in [0.05, 0.1) is 11.2 Å². The normalized spacial score (nSPS) is 33.4. The molecule has 2 unspecified atom stereocenters. The van der Waals surface area contributed by atoms with E-state index in [9.17, 15) is 18.3 Å². The molecule has 1 N–H and O–H groups in total. The van der Waals surface area contributed by atoms with Crippen molar-refractivity contribution in [2.24, 2.45) is 5.92 Å². The minimum atomic E-state index is -4.47. The van der Waals surface area contributed by atoms with Crippen molar-refractivity contribution in [3.8, 4) is 0 Å². The number of hydrogen-bond acceptors (Lipinski definition) is 1. The fourth-order valence-corrected chi connectivity index (χ4v) is 2.01. The van der Waals surface area contributed by atoms with Crippen LogP contribution < -0.4 is 0 Å². The zero-order chi connectivity index (χ0) is 11.0. The van der Waals surface area contributed by atoms with Gasteiger partial charge in [-0.3, -0.25) is 0 Å². The maximum Gasteiger partial charge on any atom is 0.414 e. The van der Waals surface area contributed by atoms with Crippen molar-refractivity contribution < 1.29 is 18.3 Å². The number of alkyl halides is 3. The van der Waals surface area contributed by atoms with Gasteiger partial charge in [0.15, 0.2) is 0 Å². The number of halogens is 3. The Bertz CT molecular complexity index is 234. The maximum absolute atomic E-state index is 12.3. The monoisotopic (exact) mass is 208 g/mol. The third kappa shape index (κ3) is 2.11. The van der Waals surface area contributed by atoms with Crippen LogP contribution in [0.1, 0.15) is 32.6 Å². The van der Waals surface area contributed by atoms with Crippen LogP contribution in [0.25, 0.3) is 0 Å². The summed E-state index contributed by atoms with van der Waals surface area (Å²) >= 11 is 0. The third-order valence-electron chi connectivity index (χ3n) is 3.07. The van der Waals surface area contributed by atoms with E-state index >= 15 is 0 Å². The Kier molecular flexibility index (Phi) is 2.95. The third-order valence-corrected chi connectivity index (χ3v) is 3.07. The highest BCUT2D eigenvalue weighted by Gasteiger charge is 2.49. The number of aliphatic hydroxyl groups is 1. The molecule has 1 rings (SSSR count). The second-order valence-corrected chi connectivity index (χ2v) is 4.02. The van der Waals surface area contributed by atoms with E-state index in [2.05, 4.69) is 6.58 Å². The topological polar surface area (TPSA) is 20.2 Å². The molecule has 0 bridgehead atoms. The molecule has 0 amide bonds. The van der Waals surface area contributed by atoms with Gasteiger partial charge in [-0.05, 0) is 25.2 Å². The molecule has 1 saturated carbocycles. The van der Waals surface area contributed by atoms with E-state index in [0.717, 1.165) is 6.42 Å². The summed E-state index contributed by atoms with van der Waals surface area (Å²) in [5, 5.41) is 9.78. The van der Waals surface area contributed by atoms with Crippen LogP contribution in [-0.2, 0) is 0 Å². The highest BCUT2D eigenvalue weighted by Crippen LogP contribution is 2.45. The molecule has 4 heteroatoms. The molecule has 1 aliphatic rings. The van der Waals surface area contributed by atoms with Gasteiger partial charge < -0.3 is 5.11 Å². The fourth-order valence-electron chi connectivity index (χ4n) is 2.01. The molecule has 1 aliphatic carbocycles. The molecular weight excluding hydrogens is 193 g/mol. The van der Waals surface area contributed by atoms with Crippen molar-refractivity contribution in [3.05, 3.63) is 12.2 Å². The lowest BCUT2D eigenvalue weighted by Crippen LogP contribution is -2.35. The van der Waals surface area contributed by atoms with Crippen LogP contribution in [-0.4, -0.2) is 16.9 Å². The summed E-state index contributed by atoms with van der Waals surface area (Å²) in [6.45, 7) is 4.90. The first-order valence-electron chi connectivity index (χ1n) is 4.78. The van der Waals surface area contributed by atoms with Crippen molar-refractivity contribution >= 4 is 0 Å². The van der Waals surface area contributed by atoms with Gasteiger partial charge in [0.2, 0.25) is 0 Å². The average molecular weight is 208 g/mol. The van der Waals surface area contributed by atoms with Gasteiger partial charge in [0, 0.05) is 0 Å². The van der Waals surface area contributed by atoms with Gasteiger partial charge in [0.1, 0.15) is 0 Å². The lowest BCUT2D eigenvalue weighted by atomic mass is 9.91. The molecule has 82 valence electrons. The van der Waals surface area contributed by atoms with Crippen LogP contribution in [0.2, 0.25) is 0 Å². The summed E-state index contributed by atoms with van der Waals surface area (Å²) in [5.74, 6) is 0.194. The lowest BCUT2D eigenvalue weighted by Gasteiger charge is -2.27. The van der Waals surface area contributed by atoms with E-state index in [1.807, 2.05) is 6.92 Å². The Morgan fingerprint density at radius 1 is 1.57 bits per heavy atom. The Morgan fingerprint density at radius 3 is 2.50 bits per heavy atom. The highest BCUT2D eigenvalue weighted by atomic mass is 19.4. The van der Waals surface area contributed by atoms with Crippen LogP contribution in [0.5, 0.6) is 0 Å². The number of hydrogen-bond donors (Lipinski definition) is 1. The van der Waals surface area contributed by atoms with E-state index in [1.165, 1.54) is 0 Å². The van der Waals surface area contributed by atoms with E-state index in [1.54, 1.807) is 0 Å². The summed E-state index contributed by atoms with van der Waals surface area (Å²) in [7, 11) is 0. The first kappa shape index (κ1) is 11.6. The molecule has 2 atom stereocenters. The summed E-state index contributed by atoms with van der Waals surface area (Å²) in [6, 6.07) is 0. The molecule has 0 aromatic carbocycles. The summed E-state index contributed by atoms with van der Waals surface area (Å²) < 4.78 is 37.0. The highest BCUT2D eigenvalue weighted by molar-refractivity contribution is 5.20. The van der Waals surface area contributed by atoms with Crippen molar-refractivity contribution in [2.75, 3.05) is 0 Å². The van der Waals surface area contributed by atoms with E-state index in [-0.39, 0.29) is 18.8 Å². The van der Waals surface area contributed by atoms with Crippen LogP contribution in [0.3, 0.4) is 0 Å². The SMILES string of the molecule is C=C(C(F)(F)F)C1(O)CCC(CC)C1. The Hall–Kier alpha value is -0.510. The maximum atomic E-state index is 12.3. The number of rotatable bonds is 2. The summed E-state index contributed by atoms with van der Waals surface area (Å²) in [6.07, 6.45) is -2.63. The van der Waals surface area contributed by atoms with Gasteiger partial charge in [0.25, 0.3) is 0 Å². The first-order valence-corrected chi connectivity index (χ1v) is 4.78. The molecule has 0 aromatic heterocycles. The second-order valence-electron chi connectivity index (χ2n) is 4.02. The van der Waals surface area contributed by atoms with Gasteiger partial charge in [-0.15, -0.1) is 0 Å². The summed E-state index contributed by atoms with van der Waals surface area (Å²) in [5.41, 5.74) is -2.69. The smallest absolute Gasteiger partial charge is 0.385 e. The first-order chi connectivity index (χ1) is 6.29. The molecule has 0 aliphatic heterocycles. The second kappa shape index (κ2) is 3.57. The summed E-state index contributed by atoms with van der Waals surface area (Å²) in [4.78, 5) is 0. The van der Waals surface area contributed by atoms with E-state index in [4.69, 9.17) is 0 Å². The predicted molar refractivity (Wildman–Crippen MR) is 47.8 cm³/mol. The zero-order valence-corrected chi connectivity index (χ0v) is 8.19.